The van der Waals surface area contributed by atoms with Crippen LogP contribution in [0.15, 0.2) is 53.8 Å². The Bertz CT molecular complexity index is 1110. The molecule has 8 nitrogen and oxygen atoms in total. The number of hydrazone groups is 1. The molecule has 1 saturated carbocycles. The van der Waals surface area contributed by atoms with Gasteiger partial charge in [0.25, 0.3) is 5.78 Å². The Balaban J connectivity index is 0.000000507. The fraction of sp³-hybridized carbons (Fsp3) is 0.586. The Labute approximate surface area is 232 Å². The highest BCUT2D eigenvalue weighted by atomic mass is 19.3. The second kappa shape index (κ2) is 15.3. The highest BCUT2D eigenvalue weighted by Gasteiger charge is 2.39. The maximum absolute atomic E-state index is 13.8. The minimum Gasteiger partial charge on any atom is -0.389 e. The van der Waals surface area contributed by atoms with E-state index in [0.717, 1.165) is 17.9 Å². The lowest BCUT2D eigenvalue weighted by Gasteiger charge is -2.35. The van der Waals surface area contributed by atoms with Crippen LogP contribution in [0.5, 0.6) is 0 Å². The number of rotatable bonds is 8. The number of nitrogens with zero attached hydrogens (tertiary/aromatic N) is 6. The molecule has 2 aromatic rings. The quantitative estimate of drug-likeness (QED) is 0.223. The monoisotopic (exact) mass is 544 g/mol. The van der Waals surface area contributed by atoms with Gasteiger partial charge in [0.1, 0.15) is 0 Å². The van der Waals surface area contributed by atoms with Gasteiger partial charge in [0, 0.05) is 38.3 Å². The van der Waals surface area contributed by atoms with Gasteiger partial charge in [-0.05, 0) is 58.8 Å². The molecule has 3 heterocycles. The van der Waals surface area contributed by atoms with E-state index in [1.165, 1.54) is 25.0 Å². The number of likely N-dealkylation sites (N-methyl/N-ethyl adjacent to an activating group) is 1. The summed E-state index contributed by atoms with van der Waals surface area (Å²) in [4.78, 5) is 8.93. The molecule has 1 saturated heterocycles. The van der Waals surface area contributed by atoms with Crippen LogP contribution in [0.25, 0.3) is 5.78 Å². The number of aromatic nitrogens is 4. The Hall–Kier alpha value is -3.30. The van der Waals surface area contributed by atoms with Gasteiger partial charge in [0.05, 0.1) is 41.2 Å². The van der Waals surface area contributed by atoms with Crippen LogP contribution in [-0.4, -0.2) is 50.3 Å². The molecule has 0 amide bonds. The molecular formula is C29H46F2N8. The van der Waals surface area contributed by atoms with Crippen molar-refractivity contribution in [2.24, 2.45) is 11.0 Å². The largest absolute Gasteiger partial charge is 0.389 e. The molecule has 0 bridgehead atoms. The van der Waals surface area contributed by atoms with E-state index in [1.807, 2.05) is 46.9 Å². The van der Waals surface area contributed by atoms with Gasteiger partial charge < -0.3 is 10.6 Å². The molecule has 0 spiro atoms. The summed E-state index contributed by atoms with van der Waals surface area (Å²) >= 11 is 0. The van der Waals surface area contributed by atoms with Crippen molar-refractivity contribution in [2.45, 2.75) is 91.5 Å². The molecule has 216 valence electrons. The number of halogens is 2. The zero-order chi connectivity index (χ0) is 29.0. The lowest BCUT2D eigenvalue weighted by Crippen LogP contribution is -2.35. The van der Waals surface area contributed by atoms with Gasteiger partial charge >= 0.3 is 0 Å². The molecule has 2 N–H and O–H groups in total. The first-order valence-corrected chi connectivity index (χ1v) is 14.0. The average Bonchev–Trinajstić information content (AvgIpc) is 3.35. The van der Waals surface area contributed by atoms with Gasteiger partial charge in [0.2, 0.25) is 5.92 Å². The van der Waals surface area contributed by atoms with E-state index in [2.05, 4.69) is 50.7 Å². The predicted molar refractivity (Wildman–Crippen MR) is 155 cm³/mol. The fourth-order valence-corrected chi connectivity index (χ4v) is 4.77. The first-order chi connectivity index (χ1) is 18.7. The van der Waals surface area contributed by atoms with Crippen LogP contribution in [0.1, 0.15) is 90.1 Å². The van der Waals surface area contributed by atoms with Gasteiger partial charge in [-0.2, -0.15) is 10.2 Å². The van der Waals surface area contributed by atoms with Crippen LogP contribution in [0.2, 0.25) is 0 Å². The molecule has 1 aliphatic heterocycles. The number of imidazole rings is 1. The van der Waals surface area contributed by atoms with E-state index in [4.69, 9.17) is 0 Å². The fourth-order valence-electron chi connectivity index (χ4n) is 4.77. The summed E-state index contributed by atoms with van der Waals surface area (Å²) in [6.07, 6.45) is 9.73. The summed E-state index contributed by atoms with van der Waals surface area (Å²) in [7, 11) is 0. The van der Waals surface area contributed by atoms with E-state index < -0.39 is 5.92 Å². The molecule has 2 aromatic heterocycles. The van der Waals surface area contributed by atoms with Gasteiger partial charge in [-0.3, -0.25) is 5.01 Å². The minimum absolute atomic E-state index is 0.0164. The summed E-state index contributed by atoms with van der Waals surface area (Å²) in [5, 5.41) is 16.8. The van der Waals surface area contributed by atoms with Gasteiger partial charge in [-0.25, -0.2) is 23.3 Å². The number of piperidine rings is 1. The Morgan fingerprint density at radius 1 is 1.33 bits per heavy atom. The van der Waals surface area contributed by atoms with Crippen molar-refractivity contribution >= 4 is 12.5 Å². The third-order valence-corrected chi connectivity index (χ3v) is 6.81. The zero-order valence-electron chi connectivity index (χ0n) is 24.3. The average molecular weight is 545 g/mol. The third-order valence-electron chi connectivity index (χ3n) is 6.81. The molecule has 10 heteroatoms. The summed E-state index contributed by atoms with van der Waals surface area (Å²) in [6.45, 7) is 23.1. The lowest BCUT2D eigenvalue weighted by atomic mass is 9.81. The van der Waals surface area contributed by atoms with Crippen LogP contribution in [0.4, 0.5) is 8.78 Å². The maximum Gasteiger partial charge on any atom is 0.250 e. The van der Waals surface area contributed by atoms with Crippen molar-refractivity contribution in [2.75, 3.05) is 13.1 Å². The van der Waals surface area contributed by atoms with Crippen LogP contribution in [0, 0.1) is 12.8 Å². The molecule has 1 unspecified atom stereocenters. The number of allylic oxidation sites excluding steroid dienone is 2. The van der Waals surface area contributed by atoms with Gasteiger partial charge in [-0.15, -0.1) is 0 Å². The Morgan fingerprint density at radius 3 is 2.54 bits per heavy atom. The number of hydrogen-bond acceptors (Lipinski definition) is 7. The highest BCUT2D eigenvalue weighted by Crippen LogP contribution is 2.41. The Kier molecular flexibility index (Phi) is 12.5. The molecule has 1 aliphatic carbocycles. The smallest absolute Gasteiger partial charge is 0.250 e. The van der Waals surface area contributed by atoms with Gasteiger partial charge in [-0.1, -0.05) is 33.1 Å². The van der Waals surface area contributed by atoms with Crippen LogP contribution in [0.3, 0.4) is 0 Å². The SMILES string of the molecule is C=C1CCCCN1.C=NN(CC)/C(=C\C)C(=C)NC(c1cn2nc(C)cnc2n1)C1CCC(F)(F)CC1.CC. The zero-order valence-corrected chi connectivity index (χ0v) is 24.3. The molecule has 39 heavy (non-hydrogen) atoms. The summed E-state index contributed by atoms with van der Waals surface area (Å²) in [5.41, 5.74) is 4.12. The van der Waals surface area contributed by atoms with Crippen molar-refractivity contribution in [1.29, 1.82) is 0 Å². The number of alkyl halides is 2. The number of fused-ring (bicyclic) bond motifs is 1. The standard InChI is InChI=1S/C21H29F2N7.C6H11N.C2H6/c1-6-18(29(7-2)24-5)15(4)26-19(16-8-10-21(22,23)11-9-16)17-13-30-20(27-17)25-12-14(3)28-30;1-6-4-2-3-5-7-6;1-2/h6,12-13,16,19,26H,4-5,7-11H2,1-3H3;7H,1-5H2;1-2H3/b18-6-;;. The van der Waals surface area contributed by atoms with Crippen molar-refractivity contribution < 1.29 is 8.78 Å². The lowest BCUT2D eigenvalue weighted by molar-refractivity contribution is -0.0495. The first-order valence-electron chi connectivity index (χ1n) is 14.0. The molecule has 2 fully saturated rings. The third kappa shape index (κ3) is 9.14. The molecule has 1 atom stereocenters. The van der Waals surface area contributed by atoms with Crippen molar-refractivity contribution in [3.63, 3.8) is 0 Å². The highest BCUT2D eigenvalue weighted by molar-refractivity contribution is 5.33. The summed E-state index contributed by atoms with van der Waals surface area (Å²) < 4.78 is 29.2. The molecule has 2 aliphatic rings. The van der Waals surface area contributed by atoms with Crippen LogP contribution < -0.4 is 10.6 Å². The van der Waals surface area contributed by atoms with E-state index in [1.54, 1.807) is 15.7 Å². The van der Waals surface area contributed by atoms with Gasteiger partial charge in [0.15, 0.2) is 0 Å². The number of hydrogen-bond donors (Lipinski definition) is 2. The first kappa shape index (κ1) is 31.9. The van der Waals surface area contributed by atoms with E-state index >= 15 is 0 Å². The van der Waals surface area contributed by atoms with Crippen molar-refractivity contribution in [3.8, 4) is 0 Å². The number of aryl methyl sites for hydroxylation is 1. The second-order valence-electron chi connectivity index (χ2n) is 9.62. The molecular weight excluding hydrogens is 498 g/mol. The predicted octanol–water partition coefficient (Wildman–Crippen LogP) is 6.54. The minimum atomic E-state index is -2.60. The second-order valence-corrected chi connectivity index (χ2v) is 9.62. The van der Waals surface area contributed by atoms with Crippen molar-refractivity contribution in [1.82, 2.24) is 35.2 Å². The van der Waals surface area contributed by atoms with E-state index in [9.17, 15) is 8.78 Å². The van der Waals surface area contributed by atoms with E-state index in [-0.39, 0.29) is 24.8 Å². The number of nitrogens with one attached hydrogen (secondary N) is 2. The maximum atomic E-state index is 13.8. The normalized spacial score (nSPS) is 18.0. The van der Waals surface area contributed by atoms with Crippen LogP contribution in [-0.2, 0) is 0 Å². The molecule has 4 rings (SSSR count). The Morgan fingerprint density at radius 2 is 2.03 bits per heavy atom. The summed E-state index contributed by atoms with van der Waals surface area (Å²) in [6, 6.07) is -0.295. The van der Waals surface area contributed by atoms with Crippen LogP contribution >= 0.6 is 0 Å². The molecule has 0 aromatic carbocycles. The topological polar surface area (TPSA) is 82.7 Å². The van der Waals surface area contributed by atoms with E-state index in [0.29, 0.717) is 36.6 Å². The molecule has 0 radical (unpaired) electrons. The summed E-state index contributed by atoms with van der Waals surface area (Å²) in [5.74, 6) is -2.14. The van der Waals surface area contributed by atoms with Crippen molar-refractivity contribution in [3.05, 3.63) is 60.1 Å².